The van der Waals surface area contributed by atoms with Crippen LogP contribution in [0.3, 0.4) is 0 Å². The quantitative estimate of drug-likeness (QED) is 0.592. The van der Waals surface area contributed by atoms with Crippen LogP contribution >= 0.6 is 0 Å². The topological polar surface area (TPSA) is 59.5 Å². The number of methoxy groups -OCH3 is 2. The second-order valence-corrected chi connectivity index (χ2v) is 6.87. The maximum absolute atomic E-state index is 5.38. The first-order valence-electron chi connectivity index (χ1n) is 9.64. The lowest BCUT2D eigenvalue weighted by molar-refractivity contribution is 0.354. The van der Waals surface area contributed by atoms with Crippen LogP contribution in [-0.2, 0) is 13.0 Å². The van der Waals surface area contributed by atoms with Crippen molar-refractivity contribution >= 4 is 11.6 Å². The van der Waals surface area contributed by atoms with E-state index in [0.29, 0.717) is 0 Å². The van der Waals surface area contributed by atoms with Crippen LogP contribution in [0.15, 0.2) is 54.6 Å². The molecule has 3 aromatic rings. The number of benzene rings is 2. The molecule has 0 aliphatic rings. The van der Waals surface area contributed by atoms with E-state index in [1.165, 1.54) is 11.1 Å². The highest BCUT2D eigenvalue weighted by Crippen LogP contribution is 2.27. The van der Waals surface area contributed by atoms with Crippen LogP contribution in [-0.4, -0.2) is 37.8 Å². The first-order chi connectivity index (χ1) is 14.1. The molecule has 0 unspecified atom stereocenters. The lowest BCUT2D eigenvalue weighted by Crippen LogP contribution is -2.19. The van der Waals surface area contributed by atoms with Crippen molar-refractivity contribution in [2.75, 3.05) is 38.0 Å². The summed E-state index contributed by atoms with van der Waals surface area (Å²) < 4.78 is 10.7. The minimum atomic E-state index is 0.738. The van der Waals surface area contributed by atoms with Crippen molar-refractivity contribution < 1.29 is 9.47 Å². The van der Waals surface area contributed by atoms with Crippen LogP contribution in [0.4, 0.5) is 11.6 Å². The molecular weight excluding hydrogens is 364 g/mol. The van der Waals surface area contributed by atoms with Crippen LogP contribution in [0.5, 0.6) is 11.5 Å². The Kier molecular flexibility index (Phi) is 6.89. The van der Waals surface area contributed by atoms with Crippen LogP contribution < -0.4 is 19.7 Å². The molecule has 29 heavy (non-hydrogen) atoms. The van der Waals surface area contributed by atoms with Gasteiger partial charge in [0.05, 0.1) is 14.2 Å². The van der Waals surface area contributed by atoms with E-state index < -0.39 is 0 Å². The molecule has 0 bridgehead atoms. The normalized spacial score (nSPS) is 10.5. The molecule has 0 atom stereocenters. The highest BCUT2D eigenvalue weighted by molar-refractivity contribution is 5.49. The zero-order valence-electron chi connectivity index (χ0n) is 17.5. The lowest BCUT2D eigenvalue weighted by atomic mass is 10.1. The average molecular weight is 393 g/mol. The van der Waals surface area contributed by atoms with Gasteiger partial charge in [-0.2, -0.15) is 0 Å². The van der Waals surface area contributed by atoms with Gasteiger partial charge in [0, 0.05) is 26.2 Å². The summed E-state index contributed by atoms with van der Waals surface area (Å²) >= 11 is 0. The molecule has 6 heteroatoms. The zero-order chi connectivity index (χ0) is 20.6. The van der Waals surface area contributed by atoms with Gasteiger partial charge in [0.1, 0.15) is 17.5 Å². The Balaban J connectivity index is 1.63. The number of nitrogens with zero attached hydrogens (tertiary/aromatic N) is 3. The fourth-order valence-corrected chi connectivity index (χ4v) is 3.15. The Morgan fingerprint density at radius 3 is 2.38 bits per heavy atom. The SMILES string of the molecule is COc1ccc(CCNc2cc(N(C)Cc3ccccc3)nc(C)n2)cc1OC. The molecule has 0 fully saturated rings. The summed E-state index contributed by atoms with van der Waals surface area (Å²) in [5.74, 6) is 3.95. The molecule has 152 valence electrons. The van der Waals surface area contributed by atoms with Crippen LogP contribution in [0.25, 0.3) is 0 Å². The molecule has 0 amide bonds. The third-order valence-corrected chi connectivity index (χ3v) is 4.65. The summed E-state index contributed by atoms with van der Waals surface area (Å²) in [7, 11) is 5.34. The highest BCUT2D eigenvalue weighted by Gasteiger charge is 2.08. The molecule has 1 aromatic heterocycles. The van der Waals surface area contributed by atoms with E-state index in [4.69, 9.17) is 9.47 Å². The van der Waals surface area contributed by atoms with E-state index in [0.717, 1.165) is 48.5 Å². The number of hydrogen-bond acceptors (Lipinski definition) is 6. The molecule has 1 N–H and O–H groups in total. The predicted octanol–water partition coefficient (Wildman–Crippen LogP) is 4.09. The van der Waals surface area contributed by atoms with Crippen molar-refractivity contribution in [1.82, 2.24) is 9.97 Å². The highest BCUT2D eigenvalue weighted by atomic mass is 16.5. The molecule has 2 aromatic carbocycles. The number of anilines is 2. The van der Waals surface area contributed by atoms with Crippen molar-refractivity contribution in [3.8, 4) is 11.5 Å². The first-order valence-corrected chi connectivity index (χ1v) is 9.64. The number of nitrogens with one attached hydrogen (secondary N) is 1. The monoisotopic (exact) mass is 392 g/mol. The summed E-state index contributed by atoms with van der Waals surface area (Å²) in [6.45, 7) is 3.47. The van der Waals surface area contributed by atoms with E-state index in [1.54, 1.807) is 14.2 Å². The Bertz CT molecular complexity index is 931. The summed E-state index contributed by atoms with van der Waals surface area (Å²) in [6, 6.07) is 18.3. The Morgan fingerprint density at radius 1 is 0.897 bits per heavy atom. The Hall–Kier alpha value is -3.28. The van der Waals surface area contributed by atoms with E-state index >= 15 is 0 Å². The van der Waals surface area contributed by atoms with Crippen molar-refractivity contribution in [1.29, 1.82) is 0 Å². The van der Waals surface area contributed by atoms with Crippen molar-refractivity contribution in [2.45, 2.75) is 19.9 Å². The summed E-state index contributed by atoms with van der Waals surface area (Å²) in [5.41, 5.74) is 2.41. The van der Waals surface area contributed by atoms with Gasteiger partial charge in [-0.3, -0.25) is 0 Å². The largest absolute Gasteiger partial charge is 0.493 e. The van der Waals surface area contributed by atoms with Gasteiger partial charge >= 0.3 is 0 Å². The van der Waals surface area contributed by atoms with Crippen LogP contribution in [0.2, 0.25) is 0 Å². The number of aromatic nitrogens is 2. The Labute approximate surface area is 172 Å². The summed E-state index contributed by atoms with van der Waals surface area (Å²) in [4.78, 5) is 11.2. The van der Waals surface area contributed by atoms with Gasteiger partial charge in [0.2, 0.25) is 0 Å². The second-order valence-electron chi connectivity index (χ2n) is 6.87. The van der Waals surface area contributed by atoms with Gasteiger partial charge in [-0.05, 0) is 36.6 Å². The van der Waals surface area contributed by atoms with Gasteiger partial charge < -0.3 is 19.7 Å². The third kappa shape index (κ3) is 5.60. The number of rotatable bonds is 9. The maximum atomic E-state index is 5.38. The average Bonchev–Trinajstić information content (AvgIpc) is 2.74. The lowest BCUT2D eigenvalue weighted by Gasteiger charge is -2.19. The molecule has 0 aliphatic heterocycles. The molecule has 0 saturated heterocycles. The van der Waals surface area contributed by atoms with Crippen molar-refractivity contribution in [3.63, 3.8) is 0 Å². The molecule has 3 rings (SSSR count). The van der Waals surface area contributed by atoms with Crippen LogP contribution in [0.1, 0.15) is 17.0 Å². The van der Waals surface area contributed by atoms with Gasteiger partial charge in [-0.1, -0.05) is 36.4 Å². The number of aryl methyl sites for hydroxylation is 1. The number of hydrogen-bond donors (Lipinski definition) is 1. The fourth-order valence-electron chi connectivity index (χ4n) is 3.15. The molecule has 6 nitrogen and oxygen atoms in total. The van der Waals surface area contributed by atoms with Gasteiger partial charge in [0.15, 0.2) is 11.5 Å². The molecule has 0 aliphatic carbocycles. The van der Waals surface area contributed by atoms with E-state index in [1.807, 2.05) is 44.3 Å². The van der Waals surface area contributed by atoms with Crippen molar-refractivity contribution in [3.05, 3.63) is 71.5 Å². The Morgan fingerprint density at radius 2 is 1.66 bits per heavy atom. The fraction of sp³-hybridized carbons (Fsp3) is 0.304. The molecule has 0 radical (unpaired) electrons. The standard InChI is InChI=1S/C23H28N4O2/c1-17-25-22(15-23(26-17)27(2)16-19-8-6-5-7-9-19)24-13-12-18-10-11-20(28-3)21(14-18)29-4/h5-11,14-15H,12-13,16H2,1-4H3,(H,24,25,26). The van der Waals surface area contributed by atoms with E-state index in [9.17, 15) is 0 Å². The first kappa shape index (κ1) is 20.5. The van der Waals surface area contributed by atoms with Gasteiger partial charge in [-0.25, -0.2) is 9.97 Å². The molecule has 1 heterocycles. The molecule has 0 spiro atoms. The van der Waals surface area contributed by atoms with Crippen molar-refractivity contribution in [2.24, 2.45) is 0 Å². The maximum Gasteiger partial charge on any atom is 0.160 e. The molecular formula is C23H28N4O2. The minimum absolute atomic E-state index is 0.738. The second kappa shape index (κ2) is 9.78. The van der Waals surface area contributed by atoms with E-state index in [-0.39, 0.29) is 0 Å². The van der Waals surface area contributed by atoms with Crippen LogP contribution in [0, 0.1) is 6.92 Å². The summed E-state index contributed by atoms with van der Waals surface area (Å²) in [5, 5.41) is 3.41. The van der Waals surface area contributed by atoms with Gasteiger partial charge in [-0.15, -0.1) is 0 Å². The number of ether oxygens (including phenoxy) is 2. The minimum Gasteiger partial charge on any atom is -0.493 e. The smallest absolute Gasteiger partial charge is 0.160 e. The van der Waals surface area contributed by atoms with Gasteiger partial charge in [0.25, 0.3) is 0 Å². The summed E-state index contributed by atoms with van der Waals surface area (Å²) in [6.07, 6.45) is 0.846. The third-order valence-electron chi connectivity index (χ3n) is 4.65. The van der Waals surface area contributed by atoms with E-state index in [2.05, 4.69) is 44.5 Å². The zero-order valence-corrected chi connectivity index (χ0v) is 17.5. The predicted molar refractivity (Wildman–Crippen MR) is 117 cm³/mol. The molecule has 0 saturated carbocycles.